The standard InChI is InChI=1S/C17H15FN2O3/c1-12-5-6-14(10-16(12)18)20-8-7-19(17(20)22)13-3-2-4-15(9-13)23-11-21/h2-6,9-11H,7-8H2,1H3. The van der Waals surface area contributed by atoms with Crippen molar-refractivity contribution in [2.45, 2.75) is 6.92 Å². The lowest BCUT2D eigenvalue weighted by molar-refractivity contribution is -0.120. The summed E-state index contributed by atoms with van der Waals surface area (Å²) < 4.78 is 18.5. The predicted molar refractivity (Wildman–Crippen MR) is 84.4 cm³/mol. The number of nitrogens with zero attached hydrogens (tertiary/aromatic N) is 2. The SMILES string of the molecule is Cc1ccc(N2CCN(c3cccc(OC=O)c3)C2=O)cc1F. The monoisotopic (exact) mass is 314 g/mol. The molecule has 0 aliphatic carbocycles. The van der Waals surface area contributed by atoms with Crippen LogP contribution in [-0.2, 0) is 4.79 Å². The van der Waals surface area contributed by atoms with Crippen molar-refractivity contribution in [1.29, 1.82) is 0 Å². The maximum absolute atomic E-state index is 13.7. The molecule has 6 heteroatoms. The molecular formula is C17H15FN2O3. The molecule has 0 atom stereocenters. The van der Waals surface area contributed by atoms with Crippen LogP contribution in [0.1, 0.15) is 5.56 Å². The van der Waals surface area contributed by atoms with Gasteiger partial charge in [-0.3, -0.25) is 14.6 Å². The lowest BCUT2D eigenvalue weighted by Crippen LogP contribution is -2.31. The van der Waals surface area contributed by atoms with Crippen LogP contribution in [0, 0.1) is 12.7 Å². The van der Waals surface area contributed by atoms with Gasteiger partial charge in [0.05, 0.1) is 0 Å². The van der Waals surface area contributed by atoms with Gasteiger partial charge in [-0.25, -0.2) is 9.18 Å². The second kappa shape index (κ2) is 6.08. The van der Waals surface area contributed by atoms with Crippen LogP contribution in [0.2, 0.25) is 0 Å². The van der Waals surface area contributed by atoms with E-state index in [1.165, 1.54) is 11.0 Å². The fourth-order valence-electron chi connectivity index (χ4n) is 2.55. The molecule has 0 aromatic heterocycles. The number of hydrogen-bond donors (Lipinski definition) is 0. The van der Waals surface area contributed by atoms with Gasteiger partial charge in [0.2, 0.25) is 0 Å². The molecule has 2 aromatic carbocycles. The normalized spacial score (nSPS) is 14.3. The summed E-state index contributed by atoms with van der Waals surface area (Å²) >= 11 is 0. The van der Waals surface area contributed by atoms with Gasteiger partial charge >= 0.3 is 6.03 Å². The number of carbonyl (C=O) groups excluding carboxylic acids is 2. The Bertz CT molecular complexity index is 763. The summed E-state index contributed by atoms with van der Waals surface area (Å²) in [5.41, 5.74) is 1.70. The van der Waals surface area contributed by atoms with E-state index < -0.39 is 0 Å². The number of halogens is 1. The Morgan fingerprint density at radius 1 is 1.09 bits per heavy atom. The summed E-state index contributed by atoms with van der Waals surface area (Å²) in [6, 6.07) is 11.2. The van der Waals surface area contributed by atoms with E-state index in [0.717, 1.165) is 0 Å². The molecule has 1 aliphatic heterocycles. The number of aryl methyl sites for hydroxylation is 1. The third-order valence-corrected chi connectivity index (χ3v) is 3.79. The maximum Gasteiger partial charge on any atom is 0.329 e. The van der Waals surface area contributed by atoms with Gasteiger partial charge in [-0.1, -0.05) is 12.1 Å². The van der Waals surface area contributed by atoms with E-state index in [1.807, 2.05) is 0 Å². The molecule has 1 aliphatic rings. The van der Waals surface area contributed by atoms with Crippen LogP contribution in [0.5, 0.6) is 5.75 Å². The molecule has 2 aromatic rings. The van der Waals surface area contributed by atoms with Crippen LogP contribution in [-0.4, -0.2) is 25.6 Å². The molecule has 1 fully saturated rings. The van der Waals surface area contributed by atoms with E-state index in [2.05, 4.69) is 0 Å². The van der Waals surface area contributed by atoms with E-state index in [9.17, 15) is 14.0 Å². The quantitative estimate of drug-likeness (QED) is 0.815. The van der Waals surface area contributed by atoms with Crippen molar-refractivity contribution in [3.8, 4) is 5.75 Å². The molecule has 5 nitrogen and oxygen atoms in total. The highest BCUT2D eigenvalue weighted by atomic mass is 19.1. The van der Waals surface area contributed by atoms with Crippen molar-refractivity contribution < 1.29 is 18.7 Å². The Morgan fingerprint density at radius 2 is 1.78 bits per heavy atom. The van der Waals surface area contributed by atoms with Gasteiger partial charge in [0.15, 0.2) is 0 Å². The number of rotatable bonds is 4. The van der Waals surface area contributed by atoms with Crippen molar-refractivity contribution in [1.82, 2.24) is 0 Å². The van der Waals surface area contributed by atoms with Crippen molar-refractivity contribution in [3.05, 3.63) is 53.8 Å². The summed E-state index contributed by atoms with van der Waals surface area (Å²) in [7, 11) is 0. The fourth-order valence-corrected chi connectivity index (χ4v) is 2.55. The fraction of sp³-hybridized carbons (Fsp3) is 0.176. The first-order valence-electron chi connectivity index (χ1n) is 7.15. The zero-order valence-corrected chi connectivity index (χ0v) is 12.5. The predicted octanol–water partition coefficient (Wildman–Crippen LogP) is 3.12. The van der Waals surface area contributed by atoms with Crippen LogP contribution < -0.4 is 14.5 Å². The minimum atomic E-state index is -0.338. The van der Waals surface area contributed by atoms with E-state index in [1.54, 1.807) is 48.2 Å². The molecule has 0 bridgehead atoms. The van der Waals surface area contributed by atoms with E-state index in [0.29, 0.717) is 42.2 Å². The summed E-state index contributed by atoms with van der Waals surface area (Å²) in [6.45, 7) is 2.95. The van der Waals surface area contributed by atoms with E-state index >= 15 is 0 Å². The molecule has 0 unspecified atom stereocenters. The number of carbonyl (C=O) groups is 2. The first kappa shape index (κ1) is 15.0. The molecule has 118 valence electrons. The largest absolute Gasteiger partial charge is 0.429 e. The van der Waals surface area contributed by atoms with Gasteiger partial charge in [-0.2, -0.15) is 0 Å². The maximum atomic E-state index is 13.7. The molecule has 3 rings (SSSR count). The number of benzene rings is 2. The number of hydrogen-bond acceptors (Lipinski definition) is 3. The number of ether oxygens (including phenoxy) is 1. The molecule has 0 radical (unpaired) electrons. The summed E-state index contributed by atoms with van der Waals surface area (Å²) in [6.07, 6.45) is 0. The van der Waals surface area contributed by atoms with Gasteiger partial charge in [-0.15, -0.1) is 0 Å². The van der Waals surface area contributed by atoms with E-state index in [-0.39, 0.29) is 11.8 Å². The minimum absolute atomic E-state index is 0.239. The van der Waals surface area contributed by atoms with Gasteiger partial charge < -0.3 is 4.74 Å². The third kappa shape index (κ3) is 2.88. The van der Waals surface area contributed by atoms with Gasteiger partial charge in [0.1, 0.15) is 11.6 Å². The Kier molecular flexibility index (Phi) is 3.97. The van der Waals surface area contributed by atoms with Crippen LogP contribution in [0.25, 0.3) is 0 Å². The average Bonchev–Trinajstić information content (AvgIpc) is 2.92. The van der Waals surface area contributed by atoms with Crippen LogP contribution in [0.4, 0.5) is 20.6 Å². The first-order chi connectivity index (χ1) is 11.1. The van der Waals surface area contributed by atoms with Crippen molar-refractivity contribution in [2.24, 2.45) is 0 Å². The molecule has 1 heterocycles. The summed E-state index contributed by atoms with van der Waals surface area (Å²) in [5, 5.41) is 0. The Hall–Kier alpha value is -2.89. The number of urea groups is 1. The molecular weight excluding hydrogens is 299 g/mol. The second-order valence-electron chi connectivity index (χ2n) is 5.23. The molecule has 23 heavy (non-hydrogen) atoms. The number of anilines is 2. The second-order valence-corrected chi connectivity index (χ2v) is 5.23. The smallest absolute Gasteiger partial charge is 0.329 e. The topological polar surface area (TPSA) is 49.9 Å². The first-order valence-corrected chi connectivity index (χ1v) is 7.15. The molecule has 1 saturated heterocycles. The van der Waals surface area contributed by atoms with Gasteiger partial charge in [0.25, 0.3) is 6.47 Å². The Balaban J connectivity index is 1.85. The zero-order chi connectivity index (χ0) is 16.4. The lowest BCUT2D eigenvalue weighted by Gasteiger charge is -2.19. The molecule has 0 N–H and O–H groups in total. The lowest BCUT2D eigenvalue weighted by atomic mass is 10.2. The van der Waals surface area contributed by atoms with Crippen LogP contribution in [0.3, 0.4) is 0 Å². The third-order valence-electron chi connectivity index (χ3n) is 3.79. The van der Waals surface area contributed by atoms with Gasteiger partial charge in [-0.05, 0) is 36.8 Å². The molecule has 0 spiro atoms. The summed E-state index contributed by atoms with van der Waals surface area (Å²) in [4.78, 5) is 26.1. The Morgan fingerprint density at radius 3 is 2.43 bits per heavy atom. The average molecular weight is 314 g/mol. The molecule has 0 saturated carbocycles. The van der Waals surface area contributed by atoms with Crippen LogP contribution >= 0.6 is 0 Å². The summed E-state index contributed by atoms with van der Waals surface area (Å²) in [5.74, 6) is 0.0280. The highest BCUT2D eigenvalue weighted by Crippen LogP contribution is 2.28. The van der Waals surface area contributed by atoms with Crippen molar-refractivity contribution in [2.75, 3.05) is 22.9 Å². The Labute approximate surface area is 132 Å². The van der Waals surface area contributed by atoms with Crippen molar-refractivity contribution in [3.63, 3.8) is 0 Å². The zero-order valence-electron chi connectivity index (χ0n) is 12.5. The van der Waals surface area contributed by atoms with Gasteiger partial charge in [0, 0.05) is 30.5 Å². The highest BCUT2D eigenvalue weighted by Gasteiger charge is 2.31. The number of amides is 2. The van der Waals surface area contributed by atoms with Crippen LogP contribution in [0.15, 0.2) is 42.5 Å². The van der Waals surface area contributed by atoms with E-state index in [4.69, 9.17) is 4.74 Å². The molecule has 2 amide bonds. The minimum Gasteiger partial charge on any atom is -0.429 e. The highest BCUT2D eigenvalue weighted by molar-refractivity contribution is 6.06. The van der Waals surface area contributed by atoms with Crippen molar-refractivity contribution >= 4 is 23.9 Å².